The van der Waals surface area contributed by atoms with Gasteiger partial charge in [0.15, 0.2) is 0 Å². The summed E-state index contributed by atoms with van der Waals surface area (Å²) in [6, 6.07) is 13.2. The normalized spacial score (nSPS) is 14.3. The van der Waals surface area contributed by atoms with E-state index in [-0.39, 0.29) is 6.61 Å². The summed E-state index contributed by atoms with van der Waals surface area (Å²) < 4.78 is 30.1. The van der Waals surface area contributed by atoms with Crippen LogP contribution in [0, 0.1) is 0 Å². The highest BCUT2D eigenvalue weighted by Gasteiger charge is 2.32. The summed E-state index contributed by atoms with van der Waals surface area (Å²) >= 11 is 0. The van der Waals surface area contributed by atoms with Gasteiger partial charge in [0.2, 0.25) is 0 Å². The first-order valence-electron chi connectivity index (χ1n) is 12.9. The number of nitrogens with zero attached hydrogens (tertiary/aromatic N) is 2. The summed E-state index contributed by atoms with van der Waals surface area (Å²) in [5.74, 6) is 0.579. The SMILES string of the molecule is CCCCCc1cc(CO)ccc1-c1ccccc1S(=O)(=O)N(CCCC)C1=NCCC(C)=C1C. The number of aliphatic hydroxyl groups excluding tert-OH is 1. The van der Waals surface area contributed by atoms with Crippen LogP contribution in [0.1, 0.15) is 77.3 Å². The molecule has 0 fully saturated rings. The van der Waals surface area contributed by atoms with E-state index in [0.29, 0.717) is 29.4 Å². The molecule has 0 radical (unpaired) electrons. The third-order valence-corrected chi connectivity index (χ3v) is 8.67. The van der Waals surface area contributed by atoms with Crippen LogP contribution in [0.15, 0.2) is 63.5 Å². The molecule has 5 nitrogen and oxygen atoms in total. The number of aryl methyl sites for hydroxylation is 1. The minimum atomic E-state index is -3.85. The molecule has 1 aliphatic rings. The fourth-order valence-electron chi connectivity index (χ4n) is 4.55. The van der Waals surface area contributed by atoms with Crippen LogP contribution in [-0.4, -0.2) is 36.8 Å². The third-order valence-electron chi connectivity index (χ3n) is 6.82. The van der Waals surface area contributed by atoms with E-state index < -0.39 is 10.0 Å². The van der Waals surface area contributed by atoms with Gasteiger partial charge < -0.3 is 5.11 Å². The lowest BCUT2D eigenvalue weighted by Gasteiger charge is -2.30. The highest BCUT2D eigenvalue weighted by molar-refractivity contribution is 7.89. The number of aliphatic imine (C=N–C) groups is 1. The maximum absolute atomic E-state index is 14.3. The molecule has 3 rings (SSSR count). The molecule has 0 saturated carbocycles. The number of rotatable bonds is 11. The number of dihydropyridines is 1. The second kappa shape index (κ2) is 12.5. The Kier molecular flexibility index (Phi) is 9.70. The van der Waals surface area contributed by atoms with E-state index in [1.807, 2.05) is 37.3 Å². The van der Waals surface area contributed by atoms with Crippen LogP contribution in [0.5, 0.6) is 0 Å². The van der Waals surface area contributed by atoms with Crippen LogP contribution in [0.3, 0.4) is 0 Å². The van der Waals surface area contributed by atoms with Crippen molar-refractivity contribution in [2.75, 3.05) is 13.1 Å². The van der Waals surface area contributed by atoms with E-state index in [0.717, 1.165) is 67.2 Å². The number of aliphatic hydroxyl groups is 1. The molecule has 1 heterocycles. The number of sulfonamides is 1. The molecule has 0 bridgehead atoms. The zero-order chi connectivity index (χ0) is 25.4. The smallest absolute Gasteiger partial charge is 0.266 e. The molecule has 35 heavy (non-hydrogen) atoms. The van der Waals surface area contributed by atoms with Crippen LogP contribution >= 0.6 is 0 Å². The Morgan fingerprint density at radius 3 is 2.43 bits per heavy atom. The fraction of sp³-hybridized carbons (Fsp3) is 0.483. The highest BCUT2D eigenvalue weighted by Crippen LogP contribution is 2.34. The van der Waals surface area contributed by atoms with Crippen molar-refractivity contribution in [3.8, 4) is 11.1 Å². The highest BCUT2D eigenvalue weighted by atomic mass is 32.2. The first kappa shape index (κ1) is 27.2. The van der Waals surface area contributed by atoms with E-state index in [1.165, 1.54) is 9.88 Å². The van der Waals surface area contributed by atoms with E-state index in [1.54, 1.807) is 12.1 Å². The summed E-state index contributed by atoms with van der Waals surface area (Å²) in [5, 5.41) is 9.70. The molecule has 6 heteroatoms. The topological polar surface area (TPSA) is 70.0 Å². The molecule has 0 aromatic heterocycles. The van der Waals surface area contributed by atoms with Crippen LogP contribution in [0.2, 0.25) is 0 Å². The summed E-state index contributed by atoms with van der Waals surface area (Å²) in [7, 11) is -3.85. The van der Waals surface area contributed by atoms with E-state index in [2.05, 4.69) is 25.8 Å². The number of hydrogen-bond acceptors (Lipinski definition) is 4. The lowest BCUT2D eigenvalue weighted by atomic mass is 9.94. The Bertz CT molecular complexity index is 1180. The zero-order valence-electron chi connectivity index (χ0n) is 21.7. The summed E-state index contributed by atoms with van der Waals surface area (Å²) in [5.41, 5.74) is 5.70. The Labute approximate surface area is 211 Å². The Morgan fingerprint density at radius 1 is 0.971 bits per heavy atom. The van der Waals surface area contributed by atoms with Crippen molar-refractivity contribution >= 4 is 15.9 Å². The molecule has 0 amide bonds. The molecule has 0 atom stereocenters. The van der Waals surface area contributed by atoms with Crippen molar-refractivity contribution in [1.82, 2.24) is 4.31 Å². The Morgan fingerprint density at radius 2 is 1.71 bits per heavy atom. The Hall–Kier alpha value is -2.44. The first-order valence-corrected chi connectivity index (χ1v) is 14.3. The molecule has 2 aromatic carbocycles. The van der Waals surface area contributed by atoms with Gasteiger partial charge >= 0.3 is 0 Å². The number of unbranched alkanes of at least 4 members (excludes halogenated alkanes) is 3. The standard InChI is InChI=1S/C29H40N2O3S/c1-5-7-9-12-25-20-24(21-32)15-16-26(25)27-13-10-11-14-28(27)35(33,34)31(19-8-6-2)29-23(4)22(3)17-18-30-29/h10-11,13-16,20,32H,5-9,12,17-19,21H2,1-4H3. The molecular formula is C29H40N2O3S. The van der Waals surface area contributed by atoms with Crippen LogP contribution in [0.25, 0.3) is 11.1 Å². The maximum Gasteiger partial charge on any atom is 0.266 e. The van der Waals surface area contributed by atoms with Crippen molar-refractivity contribution in [2.24, 2.45) is 4.99 Å². The van der Waals surface area contributed by atoms with Crippen LogP contribution in [-0.2, 0) is 23.1 Å². The van der Waals surface area contributed by atoms with Gasteiger partial charge in [-0.2, -0.15) is 0 Å². The first-order chi connectivity index (χ1) is 16.8. The lowest BCUT2D eigenvalue weighted by molar-refractivity contribution is 0.281. The van der Waals surface area contributed by atoms with Gasteiger partial charge in [-0.25, -0.2) is 12.7 Å². The van der Waals surface area contributed by atoms with Gasteiger partial charge in [0.05, 0.1) is 11.5 Å². The monoisotopic (exact) mass is 496 g/mol. The molecule has 1 N–H and O–H groups in total. The van der Waals surface area contributed by atoms with E-state index in [9.17, 15) is 13.5 Å². The molecule has 0 unspecified atom stereocenters. The average molecular weight is 497 g/mol. The number of benzene rings is 2. The average Bonchev–Trinajstić information content (AvgIpc) is 2.86. The van der Waals surface area contributed by atoms with Gasteiger partial charge in [-0.15, -0.1) is 0 Å². The zero-order valence-corrected chi connectivity index (χ0v) is 22.5. The van der Waals surface area contributed by atoms with E-state index in [4.69, 9.17) is 0 Å². The second-order valence-electron chi connectivity index (χ2n) is 9.39. The molecule has 2 aromatic rings. The number of amidine groups is 1. The molecule has 1 aliphatic heterocycles. The summed E-state index contributed by atoms with van der Waals surface area (Å²) in [6.45, 7) is 9.27. The lowest BCUT2D eigenvalue weighted by Crippen LogP contribution is -2.40. The van der Waals surface area contributed by atoms with Crippen molar-refractivity contribution < 1.29 is 13.5 Å². The predicted octanol–water partition coefficient (Wildman–Crippen LogP) is 6.51. The summed E-state index contributed by atoms with van der Waals surface area (Å²) in [4.78, 5) is 4.98. The quantitative estimate of drug-likeness (QED) is 0.361. The molecular weight excluding hydrogens is 456 g/mol. The summed E-state index contributed by atoms with van der Waals surface area (Å²) in [6.07, 6.45) is 6.62. The molecule has 190 valence electrons. The van der Waals surface area contributed by atoms with E-state index >= 15 is 0 Å². The minimum absolute atomic E-state index is 0.0312. The van der Waals surface area contributed by atoms with Crippen molar-refractivity contribution in [3.05, 3.63) is 64.7 Å². The predicted molar refractivity (Wildman–Crippen MR) is 145 cm³/mol. The van der Waals surface area contributed by atoms with Crippen molar-refractivity contribution in [2.45, 2.75) is 84.1 Å². The van der Waals surface area contributed by atoms with Gasteiger partial charge in [-0.05, 0) is 67.9 Å². The van der Waals surface area contributed by atoms with Gasteiger partial charge in [0.1, 0.15) is 5.84 Å². The van der Waals surface area contributed by atoms with Gasteiger partial charge in [0.25, 0.3) is 10.0 Å². The minimum Gasteiger partial charge on any atom is -0.392 e. The van der Waals surface area contributed by atoms with Gasteiger partial charge in [-0.1, -0.05) is 75.1 Å². The van der Waals surface area contributed by atoms with Gasteiger partial charge in [0, 0.05) is 18.7 Å². The Balaban J connectivity index is 2.14. The third kappa shape index (κ3) is 6.22. The number of hydrogen-bond donors (Lipinski definition) is 1. The maximum atomic E-state index is 14.3. The van der Waals surface area contributed by atoms with Crippen LogP contribution < -0.4 is 0 Å². The van der Waals surface area contributed by atoms with Gasteiger partial charge in [-0.3, -0.25) is 4.99 Å². The molecule has 0 spiro atoms. The largest absolute Gasteiger partial charge is 0.392 e. The van der Waals surface area contributed by atoms with Crippen molar-refractivity contribution in [3.63, 3.8) is 0 Å². The molecule has 0 saturated heterocycles. The van der Waals surface area contributed by atoms with Crippen LogP contribution in [0.4, 0.5) is 0 Å². The molecule has 0 aliphatic carbocycles. The fourth-order valence-corrected chi connectivity index (χ4v) is 6.28. The second-order valence-corrected chi connectivity index (χ2v) is 11.2. The van der Waals surface area contributed by atoms with Crippen molar-refractivity contribution in [1.29, 1.82) is 0 Å².